The summed E-state index contributed by atoms with van der Waals surface area (Å²) in [6.45, 7) is 0.383. The van der Waals surface area contributed by atoms with E-state index in [0.29, 0.717) is 44.1 Å². The predicted octanol–water partition coefficient (Wildman–Crippen LogP) is 6.49. The zero-order valence-corrected chi connectivity index (χ0v) is 18.8. The topological polar surface area (TPSA) is 69.2 Å². The summed E-state index contributed by atoms with van der Waals surface area (Å²) in [5, 5.41) is 19.0. The second kappa shape index (κ2) is 8.17. The Morgan fingerprint density at radius 1 is 0.969 bits per heavy atom. The average Bonchev–Trinajstić information content (AvgIpc) is 3.32. The fourth-order valence-electron chi connectivity index (χ4n) is 4.07. The molecule has 1 unspecified atom stereocenters. The molecular formula is C24H16Cl3N3O2. The van der Waals surface area contributed by atoms with E-state index in [9.17, 15) is 9.90 Å². The molecule has 2 heterocycles. The number of hydrogen-bond acceptors (Lipinski definition) is 3. The number of amides is 1. The highest BCUT2D eigenvalue weighted by Crippen LogP contribution is 2.46. The Morgan fingerprint density at radius 2 is 1.75 bits per heavy atom. The molecule has 1 atom stereocenters. The number of carbonyl (C=O) groups is 1. The Hall–Kier alpha value is -2.99. The van der Waals surface area contributed by atoms with Gasteiger partial charge in [-0.3, -0.25) is 9.89 Å². The van der Waals surface area contributed by atoms with E-state index in [0.717, 1.165) is 11.1 Å². The van der Waals surface area contributed by atoms with Crippen molar-refractivity contribution in [1.29, 1.82) is 0 Å². The molecule has 5 nitrogen and oxygen atoms in total. The van der Waals surface area contributed by atoms with E-state index in [1.807, 2.05) is 36.4 Å². The Kier molecular flexibility index (Phi) is 5.33. The van der Waals surface area contributed by atoms with Gasteiger partial charge in [0.05, 0.1) is 16.1 Å². The molecule has 0 fully saturated rings. The summed E-state index contributed by atoms with van der Waals surface area (Å²) in [6, 6.07) is 19.3. The van der Waals surface area contributed by atoms with Crippen LogP contribution in [0.1, 0.15) is 33.2 Å². The Morgan fingerprint density at radius 3 is 2.50 bits per heavy atom. The van der Waals surface area contributed by atoms with Crippen molar-refractivity contribution in [2.45, 2.75) is 12.6 Å². The third-order valence-corrected chi connectivity index (χ3v) is 6.51. The van der Waals surface area contributed by atoms with E-state index in [-0.39, 0.29) is 11.7 Å². The minimum Gasteiger partial charge on any atom is -0.507 e. The van der Waals surface area contributed by atoms with E-state index >= 15 is 0 Å². The zero-order chi connectivity index (χ0) is 22.4. The van der Waals surface area contributed by atoms with Gasteiger partial charge in [-0.2, -0.15) is 5.10 Å². The first kappa shape index (κ1) is 20.9. The predicted molar refractivity (Wildman–Crippen MR) is 125 cm³/mol. The van der Waals surface area contributed by atoms with Crippen LogP contribution in [0, 0.1) is 0 Å². The third kappa shape index (κ3) is 3.52. The summed E-state index contributed by atoms with van der Waals surface area (Å²) in [5.41, 5.74) is 3.69. The highest BCUT2D eigenvalue weighted by atomic mass is 35.5. The average molecular weight is 485 g/mol. The zero-order valence-electron chi connectivity index (χ0n) is 16.5. The first-order valence-electron chi connectivity index (χ1n) is 9.81. The maximum atomic E-state index is 13.4. The number of aromatic amines is 1. The third-order valence-electron chi connectivity index (χ3n) is 5.53. The Labute approximate surface area is 199 Å². The molecule has 1 amide bonds. The number of halogens is 3. The summed E-state index contributed by atoms with van der Waals surface area (Å²) < 4.78 is 0. The van der Waals surface area contributed by atoms with Crippen LogP contribution in [0.15, 0.2) is 66.7 Å². The molecule has 0 bridgehead atoms. The van der Waals surface area contributed by atoms with Gasteiger partial charge in [-0.1, -0.05) is 71.2 Å². The highest BCUT2D eigenvalue weighted by Gasteiger charge is 2.42. The van der Waals surface area contributed by atoms with Gasteiger partial charge in [-0.05, 0) is 41.5 Å². The first-order valence-corrected chi connectivity index (χ1v) is 10.9. The number of H-pyrrole nitrogens is 1. The lowest BCUT2D eigenvalue weighted by Gasteiger charge is -2.27. The lowest BCUT2D eigenvalue weighted by atomic mass is 9.95. The highest BCUT2D eigenvalue weighted by molar-refractivity contribution is 6.42. The molecule has 0 radical (unpaired) electrons. The molecule has 1 aromatic heterocycles. The van der Waals surface area contributed by atoms with Crippen molar-refractivity contribution in [2.75, 3.05) is 0 Å². The Balaban J connectivity index is 1.70. The van der Waals surface area contributed by atoms with Gasteiger partial charge < -0.3 is 10.0 Å². The number of fused-ring (bicyclic) bond motifs is 1. The molecule has 2 N–H and O–H groups in total. The minimum atomic E-state index is -0.486. The molecule has 0 saturated carbocycles. The van der Waals surface area contributed by atoms with Gasteiger partial charge in [0.2, 0.25) is 0 Å². The molecule has 3 aromatic carbocycles. The van der Waals surface area contributed by atoms with Crippen LogP contribution < -0.4 is 0 Å². The number of aromatic nitrogens is 2. The summed E-state index contributed by atoms with van der Waals surface area (Å²) in [4.78, 5) is 15.2. The van der Waals surface area contributed by atoms with Gasteiger partial charge >= 0.3 is 0 Å². The fraction of sp³-hybridized carbons (Fsp3) is 0.0833. The molecule has 32 heavy (non-hydrogen) atoms. The SMILES string of the molecule is O=C1c2[nH]nc(-c3cc(Cl)ccc3O)c2C(c2ccc(Cl)c(Cl)c2)N1Cc1ccccc1. The van der Waals surface area contributed by atoms with E-state index in [2.05, 4.69) is 10.2 Å². The molecule has 0 saturated heterocycles. The van der Waals surface area contributed by atoms with Crippen LogP contribution in [0.5, 0.6) is 5.75 Å². The smallest absolute Gasteiger partial charge is 0.273 e. The molecule has 5 rings (SSSR count). The van der Waals surface area contributed by atoms with Gasteiger partial charge in [-0.15, -0.1) is 0 Å². The second-order valence-electron chi connectivity index (χ2n) is 7.52. The second-order valence-corrected chi connectivity index (χ2v) is 8.77. The summed E-state index contributed by atoms with van der Waals surface area (Å²) >= 11 is 18.7. The molecule has 1 aliphatic heterocycles. The van der Waals surface area contributed by atoms with Crippen LogP contribution in [-0.2, 0) is 6.54 Å². The van der Waals surface area contributed by atoms with Gasteiger partial charge in [0.25, 0.3) is 5.91 Å². The van der Waals surface area contributed by atoms with Crippen molar-refractivity contribution >= 4 is 40.7 Å². The van der Waals surface area contributed by atoms with Crippen LogP contribution in [0.4, 0.5) is 0 Å². The van der Waals surface area contributed by atoms with Gasteiger partial charge in [0, 0.05) is 22.7 Å². The van der Waals surface area contributed by atoms with Crippen molar-refractivity contribution in [3.63, 3.8) is 0 Å². The number of phenols is 1. The number of hydrogen-bond donors (Lipinski definition) is 2. The monoisotopic (exact) mass is 483 g/mol. The maximum Gasteiger partial charge on any atom is 0.273 e. The summed E-state index contributed by atoms with van der Waals surface area (Å²) in [7, 11) is 0. The Bertz CT molecular complexity index is 1340. The van der Waals surface area contributed by atoms with Gasteiger partial charge in [0.1, 0.15) is 17.1 Å². The lowest BCUT2D eigenvalue weighted by molar-refractivity contribution is 0.0730. The maximum absolute atomic E-state index is 13.4. The van der Waals surface area contributed by atoms with Gasteiger partial charge in [-0.25, -0.2) is 0 Å². The summed E-state index contributed by atoms with van der Waals surface area (Å²) in [5.74, 6) is -0.175. The fourth-order valence-corrected chi connectivity index (χ4v) is 4.55. The van der Waals surface area contributed by atoms with Crippen LogP contribution in [-0.4, -0.2) is 26.1 Å². The number of nitrogens with zero attached hydrogens (tertiary/aromatic N) is 2. The van der Waals surface area contributed by atoms with Crippen molar-refractivity contribution in [1.82, 2.24) is 15.1 Å². The number of phenolic OH excluding ortho intramolecular Hbond substituents is 1. The largest absolute Gasteiger partial charge is 0.507 e. The van der Waals surface area contributed by atoms with Crippen molar-refractivity contribution in [2.24, 2.45) is 0 Å². The molecular weight excluding hydrogens is 469 g/mol. The first-order chi connectivity index (χ1) is 15.4. The number of benzene rings is 3. The van der Waals surface area contributed by atoms with E-state index < -0.39 is 6.04 Å². The molecule has 160 valence electrons. The van der Waals surface area contributed by atoms with E-state index in [4.69, 9.17) is 34.8 Å². The van der Waals surface area contributed by atoms with Crippen LogP contribution in [0.25, 0.3) is 11.3 Å². The van der Waals surface area contributed by atoms with Crippen molar-refractivity contribution < 1.29 is 9.90 Å². The normalized spacial score (nSPS) is 15.3. The number of nitrogens with one attached hydrogen (secondary N) is 1. The van der Waals surface area contributed by atoms with Crippen LogP contribution in [0.3, 0.4) is 0 Å². The standard InChI is InChI=1S/C24H16Cl3N3O2/c25-15-7-9-19(31)16(11-15)21-20-22(29-28-21)24(32)30(12-13-4-2-1-3-5-13)23(20)14-6-8-17(26)18(27)10-14/h1-11,23,31H,12H2,(H,28,29). The van der Waals surface area contributed by atoms with Crippen LogP contribution in [0.2, 0.25) is 15.1 Å². The molecule has 0 spiro atoms. The quantitative estimate of drug-likeness (QED) is 0.348. The number of carbonyl (C=O) groups excluding carboxylic acids is 1. The van der Waals surface area contributed by atoms with Crippen molar-refractivity contribution in [3.8, 4) is 17.0 Å². The number of rotatable bonds is 4. The minimum absolute atomic E-state index is 0.0190. The molecule has 4 aromatic rings. The van der Waals surface area contributed by atoms with Crippen LogP contribution >= 0.6 is 34.8 Å². The molecule has 8 heteroatoms. The summed E-state index contributed by atoms with van der Waals surface area (Å²) in [6.07, 6.45) is 0. The lowest BCUT2D eigenvalue weighted by Crippen LogP contribution is -2.29. The number of aromatic hydroxyl groups is 1. The van der Waals surface area contributed by atoms with E-state index in [1.54, 1.807) is 29.2 Å². The van der Waals surface area contributed by atoms with Gasteiger partial charge in [0.15, 0.2) is 0 Å². The molecule has 1 aliphatic rings. The van der Waals surface area contributed by atoms with E-state index in [1.165, 1.54) is 6.07 Å². The molecule has 0 aliphatic carbocycles. The van der Waals surface area contributed by atoms with Crippen molar-refractivity contribution in [3.05, 3.63) is 104 Å².